The summed E-state index contributed by atoms with van der Waals surface area (Å²) in [6, 6.07) is 0. The summed E-state index contributed by atoms with van der Waals surface area (Å²) in [6.45, 7) is 4.87. The number of allylic oxidation sites excluding steroid dienone is 4. The van der Waals surface area contributed by atoms with Gasteiger partial charge in [-0.2, -0.15) is 0 Å². The third kappa shape index (κ3) is 1.50. The fourth-order valence-electron chi connectivity index (χ4n) is 6.34. The van der Waals surface area contributed by atoms with E-state index >= 15 is 0 Å². The Kier molecular flexibility index (Phi) is 2.69. The Labute approximate surface area is 123 Å². The van der Waals surface area contributed by atoms with Crippen molar-refractivity contribution in [2.75, 3.05) is 0 Å². The summed E-state index contributed by atoms with van der Waals surface area (Å²) in [5.74, 6) is 3.74. The Hall–Kier alpha value is -0.720. The van der Waals surface area contributed by atoms with Crippen LogP contribution in [0.4, 0.5) is 0 Å². The van der Waals surface area contributed by atoms with Crippen molar-refractivity contribution in [1.82, 2.24) is 0 Å². The molecule has 1 nitrogen and oxygen atoms in total. The quantitative estimate of drug-likeness (QED) is 0.597. The van der Waals surface area contributed by atoms with Crippen LogP contribution >= 0.6 is 0 Å². The predicted molar refractivity (Wildman–Crippen MR) is 82.3 cm³/mol. The summed E-state index contributed by atoms with van der Waals surface area (Å²) in [7, 11) is 0. The van der Waals surface area contributed by atoms with E-state index in [4.69, 9.17) is 0 Å². The molecular weight excluding hydrogens is 244 g/mol. The van der Waals surface area contributed by atoms with Crippen molar-refractivity contribution >= 4 is 0 Å². The van der Waals surface area contributed by atoms with Gasteiger partial charge in [-0.25, -0.2) is 0 Å². The maximum absolute atomic E-state index is 10.7. The zero-order chi connectivity index (χ0) is 14.0. The van der Waals surface area contributed by atoms with E-state index in [-0.39, 0.29) is 5.41 Å². The number of aliphatic hydroxyl groups excluding tert-OH is 1. The van der Waals surface area contributed by atoms with Gasteiger partial charge in [-0.15, -0.1) is 0 Å². The first-order valence-corrected chi connectivity index (χ1v) is 8.62. The number of hydrogen-bond acceptors (Lipinski definition) is 1. The van der Waals surface area contributed by atoms with E-state index in [0.29, 0.717) is 11.3 Å². The summed E-state index contributed by atoms with van der Waals surface area (Å²) in [4.78, 5) is 0. The van der Waals surface area contributed by atoms with Gasteiger partial charge < -0.3 is 5.11 Å². The van der Waals surface area contributed by atoms with Crippen LogP contribution in [0.5, 0.6) is 0 Å². The van der Waals surface area contributed by atoms with Gasteiger partial charge in [0.2, 0.25) is 0 Å². The molecule has 4 rings (SSSR count). The molecule has 0 saturated heterocycles. The first-order valence-electron chi connectivity index (χ1n) is 8.62. The van der Waals surface area contributed by atoms with Crippen molar-refractivity contribution < 1.29 is 5.11 Å². The number of fused-ring (bicyclic) bond motifs is 5. The van der Waals surface area contributed by atoms with E-state index in [2.05, 4.69) is 32.1 Å². The second kappa shape index (κ2) is 4.15. The molecule has 4 aliphatic carbocycles. The zero-order valence-electron chi connectivity index (χ0n) is 12.9. The monoisotopic (exact) mass is 272 g/mol. The molecule has 0 aromatic heterocycles. The Bertz CT molecular complexity index is 476. The van der Waals surface area contributed by atoms with Gasteiger partial charge in [0.1, 0.15) is 0 Å². The lowest BCUT2D eigenvalue weighted by atomic mass is 9.46. The summed E-state index contributed by atoms with van der Waals surface area (Å²) < 4.78 is 0. The lowest BCUT2D eigenvalue weighted by molar-refractivity contribution is -0.0815. The van der Waals surface area contributed by atoms with E-state index in [1.165, 1.54) is 38.5 Å². The van der Waals surface area contributed by atoms with Crippen LogP contribution < -0.4 is 0 Å². The van der Waals surface area contributed by atoms with Gasteiger partial charge in [-0.1, -0.05) is 26.0 Å². The summed E-state index contributed by atoms with van der Waals surface area (Å²) in [5, 5.41) is 10.7. The first-order chi connectivity index (χ1) is 9.56. The largest absolute Gasteiger partial charge is 0.512 e. The smallest absolute Gasteiger partial charge is 0.0947 e. The molecule has 0 amide bonds. The van der Waals surface area contributed by atoms with Crippen LogP contribution in [0.3, 0.4) is 0 Å². The average molecular weight is 272 g/mol. The van der Waals surface area contributed by atoms with Crippen LogP contribution in [-0.2, 0) is 0 Å². The zero-order valence-corrected chi connectivity index (χ0v) is 12.9. The Morgan fingerprint density at radius 2 is 2.00 bits per heavy atom. The molecule has 2 fully saturated rings. The van der Waals surface area contributed by atoms with E-state index in [1.54, 1.807) is 0 Å². The highest BCUT2D eigenvalue weighted by atomic mass is 16.3. The normalized spacial score (nSPS) is 53.8. The first kappa shape index (κ1) is 13.0. The maximum atomic E-state index is 10.7. The molecule has 0 aromatic carbocycles. The molecule has 0 bridgehead atoms. The SMILES string of the molecule is C[C@@]12CC=C[C@H]1[C@@H]1CC[C@@H]3CCC=C(O)[C@]3(C)[C@H]1CC2. The topological polar surface area (TPSA) is 20.2 Å². The van der Waals surface area contributed by atoms with Crippen LogP contribution in [0.2, 0.25) is 0 Å². The molecule has 0 heterocycles. The van der Waals surface area contributed by atoms with Crippen LogP contribution in [-0.4, -0.2) is 5.11 Å². The van der Waals surface area contributed by atoms with Gasteiger partial charge in [0.05, 0.1) is 5.76 Å². The molecule has 2 saturated carbocycles. The van der Waals surface area contributed by atoms with E-state index in [0.717, 1.165) is 29.9 Å². The number of aliphatic hydroxyl groups is 1. The Morgan fingerprint density at radius 1 is 1.15 bits per heavy atom. The maximum Gasteiger partial charge on any atom is 0.0947 e. The molecule has 4 aliphatic rings. The molecule has 0 unspecified atom stereocenters. The molecular formula is C19H28O. The van der Waals surface area contributed by atoms with Crippen LogP contribution in [0.15, 0.2) is 24.0 Å². The van der Waals surface area contributed by atoms with Gasteiger partial charge in [0.25, 0.3) is 0 Å². The second-order valence-corrected chi connectivity index (χ2v) is 8.34. The van der Waals surface area contributed by atoms with Crippen LogP contribution in [0.25, 0.3) is 0 Å². The Morgan fingerprint density at radius 3 is 2.85 bits per heavy atom. The highest BCUT2D eigenvalue weighted by Crippen LogP contribution is 2.64. The average Bonchev–Trinajstić information content (AvgIpc) is 2.82. The van der Waals surface area contributed by atoms with E-state index in [1.807, 2.05) is 0 Å². The highest BCUT2D eigenvalue weighted by molar-refractivity contribution is 5.21. The number of rotatable bonds is 0. The lowest BCUT2D eigenvalue weighted by Crippen LogP contribution is -2.52. The van der Waals surface area contributed by atoms with E-state index in [9.17, 15) is 5.11 Å². The van der Waals surface area contributed by atoms with E-state index < -0.39 is 0 Å². The van der Waals surface area contributed by atoms with Crippen molar-refractivity contribution in [3.63, 3.8) is 0 Å². The van der Waals surface area contributed by atoms with Gasteiger partial charge in [-0.3, -0.25) is 0 Å². The minimum Gasteiger partial charge on any atom is -0.512 e. The van der Waals surface area contributed by atoms with Crippen molar-refractivity contribution in [3.05, 3.63) is 24.0 Å². The predicted octanol–water partition coefficient (Wildman–Crippen LogP) is 5.25. The Balaban J connectivity index is 1.73. The highest BCUT2D eigenvalue weighted by Gasteiger charge is 2.57. The molecule has 1 heteroatoms. The van der Waals surface area contributed by atoms with Crippen LogP contribution in [0.1, 0.15) is 58.8 Å². The molecule has 0 aliphatic heterocycles. The van der Waals surface area contributed by atoms with Gasteiger partial charge in [-0.05, 0) is 80.1 Å². The minimum atomic E-state index is 0.0823. The minimum absolute atomic E-state index is 0.0823. The summed E-state index contributed by atoms with van der Waals surface area (Å²) in [5.41, 5.74) is 0.608. The fourth-order valence-corrected chi connectivity index (χ4v) is 6.34. The van der Waals surface area contributed by atoms with Crippen molar-refractivity contribution in [2.45, 2.75) is 58.8 Å². The molecule has 110 valence electrons. The van der Waals surface area contributed by atoms with Gasteiger partial charge >= 0.3 is 0 Å². The third-order valence-corrected chi connectivity index (χ3v) is 7.61. The lowest BCUT2D eigenvalue weighted by Gasteiger charge is -2.58. The molecule has 0 spiro atoms. The third-order valence-electron chi connectivity index (χ3n) is 7.61. The van der Waals surface area contributed by atoms with Crippen molar-refractivity contribution in [1.29, 1.82) is 0 Å². The molecule has 0 radical (unpaired) electrons. The summed E-state index contributed by atoms with van der Waals surface area (Å²) in [6.07, 6.45) is 16.1. The second-order valence-electron chi connectivity index (χ2n) is 8.34. The molecule has 1 N–H and O–H groups in total. The van der Waals surface area contributed by atoms with Gasteiger partial charge in [0, 0.05) is 5.41 Å². The number of hydrogen-bond donors (Lipinski definition) is 1. The van der Waals surface area contributed by atoms with Crippen molar-refractivity contribution in [2.24, 2.45) is 34.5 Å². The van der Waals surface area contributed by atoms with Crippen LogP contribution in [0, 0.1) is 34.5 Å². The van der Waals surface area contributed by atoms with Gasteiger partial charge in [0.15, 0.2) is 0 Å². The standard InChI is InChI=1S/C19H28O/c1-18-11-4-6-15(18)14-9-8-13-5-3-7-17(20)19(13,2)16(14)10-12-18/h4,6-7,13-16,20H,3,5,8-12H2,1-2H3/t13-,14-,15-,16-,18-,19-/m0/s1. The summed E-state index contributed by atoms with van der Waals surface area (Å²) >= 11 is 0. The molecule has 0 aromatic rings. The van der Waals surface area contributed by atoms with Crippen molar-refractivity contribution in [3.8, 4) is 0 Å². The molecule has 6 atom stereocenters. The molecule has 20 heavy (non-hydrogen) atoms. The fraction of sp³-hybridized carbons (Fsp3) is 0.789.